The first-order chi connectivity index (χ1) is 4.24. The summed E-state index contributed by atoms with van der Waals surface area (Å²) < 4.78 is 0. The van der Waals surface area contributed by atoms with Gasteiger partial charge in [0, 0.05) is 17.1 Å². The van der Waals surface area contributed by atoms with Gasteiger partial charge in [0.05, 0.1) is 0 Å². The molecule has 0 saturated carbocycles. The van der Waals surface area contributed by atoms with Crippen molar-refractivity contribution in [3.8, 4) is 0 Å². The second kappa shape index (κ2) is 57.4. The Morgan fingerprint density at radius 2 is 0.700 bits per heavy atom. The minimum atomic E-state index is 0. The molecular formula is C6H15FeO3-3. The van der Waals surface area contributed by atoms with E-state index in [0.717, 1.165) is 0 Å². The van der Waals surface area contributed by atoms with Gasteiger partial charge in [0.1, 0.15) is 0 Å². The van der Waals surface area contributed by atoms with Gasteiger partial charge in [-0.15, -0.1) is 19.8 Å². The zero-order valence-electron chi connectivity index (χ0n) is 6.70. The van der Waals surface area contributed by atoms with Gasteiger partial charge in [-0.1, -0.05) is 20.8 Å². The first-order valence-electron chi connectivity index (χ1n) is 2.99. The Hall–Kier alpha value is 0.399. The molecule has 0 radical (unpaired) electrons. The average Bonchev–Trinajstić information content (AvgIpc) is 1.70. The molecule has 0 aliphatic carbocycles. The van der Waals surface area contributed by atoms with Crippen LogP contribution in [-0.4, -0.2) is 19.8 Å². The van der Waals surface area contributed by atoms with E-state index in [1.54, 1.807) is 20.8 Å². The molecular weight excluding hydrogens is 176 g/mol. The number of rotatable bonds is 0. The molecule has 0 saturated heterocycles. The Balaban J connectivity index is -0.0000000257. The predicted octanol–water partition coefficient (Wildman–Crippen LogP) is -1.90. The van der Waals surface area contributed by atoms with E-state index in [4.69, 9.17) is 15.3 Å². The molecule has 0 rings (SSSR count). The van der Waals surface area contributed by atoms with Crippen molar-refractivity contribution >= 4 is 0 Å². The fraction of sp³-hybridized carbons (Fsp3) is 1.00. The molecule has 0 aliphatic heterocycles. The molecule has 0 N–H and O–H groups in total. The zero-order valence-corrected chi connectivity index (χ0v) is 7.80. The summed E-state index contributed by atoms with van der Waals surface area (Å²) in [7, 11) is 0. The summed E-state index contributed by atoms with van der Waals surface area (Å²) in [6, 6.07) is 0. The van der Waals surface area contributed by atoms with Gasteiger partial charge in [-0.2, -0.15) is 0 Å². The molecule has 0 atom stereocenters. The van der Waals surface area contributed by atoms with Crippen LogP contribution in [0.3, 0.4) is 0 Å². The third kappa shape index (κ3) is 2880. The van der Waals surface area contributed by atoms with Crippen molar-refractivity contribution in [2.75, 3.05) is 19.8 Å². The van der Waals surface area contributed by atoms with E-state index in [1.165, 1.54) is 0 Å². The van der Waals surface area contributed by atoms with Gasteiger partial charge in [-0.25, -0.2) is 0 Å². The molecule has 0 spiro atoms. The first-order valence-corrected chi connectivity index (χ1v) is 2.99. The smallest absolute Gasteiger partial charge is 0 e. The summed E-state index contributed by atoms with van der Waals surface area (Å²) in [6.45, 7) is 4.71. The van der Waals surface area contributed by atoms with Gasteiger partial charge >= 0.3 is 0 Å². The standard InChI is InChI=1S/3C2H5O.Fe/c3*1-2-3;/h3*2H2,1H3;/q3*-1;. The molecule has 0 aromatic rings. The average molecular weight is 191 g/mol. The summed E-state index contributed by atoms with van der Waals surface area (Å²) in [5.41, 5.74) is 0. The first kappa shape index (κ1) is 22.4. The normalized spacial score (nSPS) is 5.40. The van der Waals surface area contributed by atoms with Crippen molar-refractivity contribution in [3.05, 3.63) is 0 Å². The Bertz CT molecular complexity index is 17.7. The molecule has 0 bridgehead atoms. The third-order valence-electron chi connectivity index (χ3n) is 0. The maximum absolute atomic E-state index is 8.93. The third-order valence-corrected chi connectivity index (χ3v) is 0. The van der Waals surface area contributed by atoms with Crippen molar-refractivity contribution in [1.29, 1.82) is 0 Å². The van der Waals surface area contributed by atoms with Crippen LogP contribution in [0.4, 0.5) is 0 Å². The van der Waals surface area contributed by atoms with E-state index in [9.17, 15) is 0 Å². The molecule has 3 nitrogen and oxygen atoms in total. The van der Waals surface area contributed by atoms with Crippen LogP contribution in [0, 0.1) is 0 Å². The van der Waals surface area contributed by atoms with Crippen LogP contribution >= 0.6 is 0 Å². The van der Waals surface area contributed by atoms with Gasteiger partial charge in [-0.05, 0) is 0 Å². The van der Waals surface area contributed by atoms with Crippen molar-refractivity contribution in [2.45, 2.75) is 20.8 Å². The molecule has 0 heterocycles. The van der Waals surface area contributed by atoms with Crippen LogP contribution in [-0.2, 0) is 17.1 Å². The van der Waals surface area contributed by atoms with Gasteiger partial charge in [0.2, 0.25) is 0 Å². The molecule has 4 heteroatoms. The second-order valence-corrected chi connectivity index (χ2v) is 0.866. The van der Waals surface area contributed by atoms with Gasteiger partial charge in [0.25, 0.3) is 0 Å². The minimum Gasteiger partial charge on any atom is -0.855 e. The Labute approximate surface area is 73.6 Å². The zero-order chi connectivity index (χ0) is 8.12. The summed E-state index contributed by atoms with van der Waals surface area (Å²) in [6.07, 6.45) is 0. The van der Waals surface area contributed by atoms with Crippen LogP contribution in [0.5, 0.6) is 0 Å². The summed E-state index contributed by atoms with van der Waals surface area (Å²) in [4.78, 5) is 0. The van der Waals surface area contributed by atoms with Crippen LogP contribution in [0.1, 0.15) is 20.8 Å². The molecule has 0 aromatic carbocycles. The van der Waals surface area contributed by atoms with Crippen molar-refractivity contribution in [1.82, 2.24) is 0 Å². The van der Waals surface area contributed by atoms with E-state index in [2.05, 4.69) is 0 Å². The molecule has 0 unspecified atom stereocenters. The summed E-state index contributed by atoms with van der Waals surface area (Å²) in [5.74, 6) is 0. The van der Waals surface area contributed by atoms with Crippen LogP contribution in [0.15, 0.2) is 0 Å². The van der Waals surface area contributed by atoms with E-state index in [1.807, 2.05) is 0 Å². The largest absolute Gasteiger partial charge is 0.855 e. The van der Waals surface area contributed by atoms with E-state index in [-0.39, 0.29) is 36.9 Å². The Kier molecular flexibility index (Phi) is 129. The molecule has 68 valence electrons. The van der Waals surface area contributed by atoms with Crippen LogP contribution in [0.2, 0.25) is 0 Å². The van der Waals surface area contributed by atoms with Crippen LogP contribution in [0.25, 0.3) is 0 Å². The Morgan fingerprint density at radius 1 is 0.700 bits per heavy atom. The van der Waals surface area contributed by atoms with Crippen molar-refractivity contribution in [2.24, 2.45) is 0 Å². The molecule has 0 amide bonds. The monoisotopic (exact) mass is 191 g/mol. The molecule has 0 aromatic heterocycles. The quantitative estimate of drug-likeness (QED) is 0.420. The van der Waals surface area contributed by atoms with Crippen LogP contribution < -0.4 is 15.3 Å². The second-order valence-electron chi connectivity index (χ2n) is 0.866. The summed E-state index contributed by atoms with van der Waals surface area (Å²) >= 11 is 0. The number of hydrogen-bond acceptors (Lipinski definition) is 3. The SMILES string of the molecule is CC[O-].CC[O-].CC[O-].[Fe]. The van der Waals surface area contributed by atoms with E-state index < -0.39 is 0 Å². The fourth-order valence-electron chi connectivity index (χ4n) is 0. The topological polar surface area (TPSA) is 69.2 Å². The van der Waals surface area contributed by atoms with E-state index in [0.29, 0.717) is 0 Å². The Morgan fingerprint density at radius 3 is 0.700 bits per heavy atom. The predicted molar refractivity (Wildman–Crippen MR) is 31.6 cm³/mol. The van der Waals surface area contributed by atoms with Gasteiger partial charge in [-0.3, -0.25) is 0 Å². The van der Waals surface area contributed by atoms with Crippen molar-refractivity contribution in [3.63, 3.8) is 0 Å². The molecule has 0 aliphatic rings. The maximum Gasteiger partial charge on any atom is 0 e. The van der Waals surface area contributed by atoms with Gasteiger partial charge < -0.3 is 15.3 Å². The summed E-state index contributed by atoms with van der Waals surface area (Å²) in [5, 5.41) is 26.8. The fourth-order valence-corrected chi connectivity index (χ4v) is 0. The minimum absolute atomic E-state index is 0. The van der Waals surface area contributed by atoms with E-state index >= 15 is 0 Å². The number of hydrogen-bond donors (Lipinski definition) is 0. The molecule has 10 heavy (non-hydrogen) atoms. The van der Waals surface area contributed by atoms with Gasteiger partial charge in [0.15, 0.2) is 0 Å². The molecule has 0 fully saturated rings. The van der Waals surface area contributed by atoms with Crippen molar-refractivity contribution < 1.29 is 32.4 Å². The maximum atomic E-state index is 8.93.